The fourth-order valence-corrected chi connectivity index (χ4v) is 5.59. The molecule has 10 heteroatoms. The first kappa shape index (κ1) is 22.7. The highest BCUT2D eigenvalue weighted by Crippen LogP contribution is 2.21. The lowest BCUT2D eigenvalue weighted by atomic mass is 10.2. The Hall–Kier alpha value is -3.53. The van der Waals surface area contributed by atoms with Crippen LogP contribution in [0.25, 0.3) is 17.1 Å². The molecule has 33 heavy (non-hydrogen) atoms. The van der Waals surface area contributed by atoms with E-state index in [0.29, 0.717) is 18.8 Å². The molecule has 0 spiro atoms. The lowest BCUT2D eigenvalue weighted by Crippen LogP contribution is -2.43. The molecule has 0 N–H and O–H groups in total. The van der Waals surface area contributed by atoms with E-state index in [2.05, 4.69) is 10.1 Å². The van der Waals surface area contributed by atoms with Crippen molar-refractivity contribution in [2.75, 3.05) is 24.7 Å². The molecule has 2 heterocycles. The monoisotopic (exact) mass is 468 g/mol. The Balaban J connectivity index is 1.51. The second-order valence-electron chi connectivity index (χ2n) is 7.69. The number of likely N-dealkylation sites (N-methyl/N-ethyl adjacent to an activating group) is 1. The molecule has 172 valence electrons. The van der Waals surface area contributed by atoms with Gasteiger partial charge in [-0.2, -0.15) is 0 Å². The molecule has 0 aliphatic carbocycles. The van der Waals surface area contributed by atoms with Crippen molar-refractivity contribution in [1.29, 1.82) is 0 Å². The minimum absolute atomic E-state index is 0.0599. The van der Waals surface area contributed by atoms with Gasteiger partial charge in [0.05, 0.1) is 17.2 Å². The fourth-order valence-electron chi connectivity index (χ4n) is 3.86. The van der Waals surface area contributed by atoms with Crippen molar-refractivity contribution in [3.63, 3.8) is 0 Å². The predicted molar refractivity (Wildman–Crippen MR) is 122 cm³/mol. The maximum atomic E-state index is 12.7. The highest BCUT2D eigenvalue weighted by Gasteiger charge is 2.34. The van der Waals surface area contributed by atoms with Crippen molar-refractivity contribution >= 4 is 21.7 Å². The van der Waals surface area contributed by atoms with Crippen LogP contribution in [0.3, 0.4) is 0 Å². The SMILES string of the molecule is CCN(C(=O)COC(=O)c1nc(-c2ccccc2)n(-c2ccccc2)n1)[C@H]1CCS(=O)(=O)C1. The summed E-state index contributed by atoms with van der Waals surface area (Å²) in [6, 6.07) is 18.2. The molecule has 2 aromatic carbocycles. The first-order valence-corrected chi connectivity index (χ1v) is 12.4. The maximum absolute atomic E-state index is 12.7. The Labute approximate surface area is 191 Å². The van der Waals surface area contributed by atoms with Crippen LogP contribution in [0.5, 0.6) is 0 Å². The summed E-state index contributed by atoms with van der Waals surface area (Å²) in [5.41, 5.74) is 1.49. The number of hydrogen-bond acceptors (Lipinski definition) is 7. The number of sulfone groups is 1. The van der Waals surface area contributed by atoms with Crippen LogP contribution in [-0.4, -0.2) is 70.7 Å². The molecular weight excluding hydrogens is 444 g/mol. The van der Waals surface area contributed by atoms with Gasteiger partial charge in [-0.15, -0.1) is 5.10 Å². The van der Waals surface area contributed by atoms with Gasteiger partial charge in [0.25, 0.3) is 11.7 Å². The number of aromatic nitrogens is 3. The first-order valence-electron chi connectivity index (χ1n) is 10.6. The lowest BCUT2D eigenvalue weighted by Gasteiger charge is -2.26. The van der Waals surface area contributed by atoms with E-state index in [1.165, 1.54) is 4.90 Å². The van der Waals surface area contributed by atoms with Gasteiger partial charge in [0.1, 0.15) is 0 Å². The summed E-state index contributed by atoms with van der Waals surface area (Å²) in [6.45, 7) is 1.58. The van der Waals surface area contributed by atoms with Crippen molar-refractivity contribution in [2.24, 2.45) is 0 Å². The van der Waals surface area contributed by atoms with E-state index in [0.717, 1.165) is 11.3 Å². The molecule has 0 unspecified atom stereocenters. The quantitative estimate of drug-likeness (QED) is 0.488. The predicted octanol–water partition coefficient (Wildman–Crippen LogP) is 2.13. The molecule has 1 aliphatic heterocycles. The smallest absolute Gasteiger partial charge is 0.378 e. The molecule has 1 aromatic heterocycles. The number of ether oxygens (including phenoxy) is 1. The minimum atomic E-state index is -3.14. The third-order valence-electron chi connectivity index (χ3n) is 5.46. The molecule has 0 saturated carbocycles. The number of rotatable bonds is 7. The van der Waals surface area contributed by atoms with Gasteiger partial charge in [0.15, 0.2) is 22.3 Å². The Kier molecular flexibility index (Phi) is 6.55. The number of nitrogens with zero attached hydrogens (tertiary/aromatic N) is 4. The second-order valence-corrected chi connectivity index (χ2v) is 9.91. The second kappa shape index (κ2) is 9.53. The summed E-state index contributed by atoms with van der Waals surface area (Å²) in [5.74, 6) is -0.985. The average Bonchev–Trinajstić information content (AvgIpc) is 3.43. The van der Waals surface area contributed by atoms with Gasteiger partial charge in [0.2, 0.25) is 0 Å². The van der Waals surface area contributed by atoms with Crippen LogP contribution in [0.15, 0.2) is 60.7 Å². The van der Waals surface area contributed by atoms with Gasteiger partial charge in [-0.1, -0.05) is 48.5 Å². The zero-order chi connectivity index (χ0) is 23.4. The highest BCUT2D eigenvalue weighted by molar-refractivity contribution is 7.91. The van der Waals surface area contributed by atoms with Crippen LogP contribution < -0.4 is 0 Å². The summed E-state index contributed by atoms with van der Waals surface area (Å²) >= 11 is 0. The zero-order valence-corrected chi connectivity index (χ0v) is 18.9. The van der Waals surface area contributed by atoms with E-state index in [-0.39, 0.29) is 17.3 Å². The minimum Gasteiger partial charge on any atom is -0.450 e. The molecule has 0 radical (unpaired) electrons. The van der Waals surface area contributed by atoms with Gasteiger partial charge in [-0.3, -0.25) is 4.79 Å². The Morgan fingerprint density at radius 3 is 2.36 bits per heavy atom. The van der Waals surface area contributed by atoms with Crippen molar-refractivity contribution in [2.45, 2.75) is 19.4 Å². The van der Waals surface area contributed by atoms with Crippen LogP contribution in [-0.2, 0) is 19.4 Å². The summed E-state index contributed by atoms with van der Waals surface area (Å²) in [4.78, 5) is 31.1. The molecule has 1 fully saturated rings. The average molecular weight is 469 g/mol. The van der Waals surface area contributed by atoms with Crippen LogP contribution in [0, 0.1) is 0 Å². The Morgan fingerprint density at radius 1 is 1.09 bits per heavy atom. The van der Waals surface area contributed by atoms with Crippen molar-refractivity contribution in [3.05, 3.63) is 66.5 Å². The molecule has 0 bridgehead atoms. The molecule has 1 aliphatic rings. The van der Waals surface area contributed by atoms with Crippen LogP contribution >= 0.6 is 0 Å². The van der Waals surface area contributed by atoms with Crippen LogP contribution in [0.2, 0.25) is 0 Å². The van der Waals surface area contributed by atoms with E-state index in [4.69, 9.17) is 4.74 Å². The molecule has 4 rings (SSSR count). The number of para-hydroxylation sites is 1. The van der Waals surface area contributed by atoms with Crippen molar-refractivity contribution < 1.29 is 22.7 Å². The topological polar surface area (TPSA) is 111 Å². The summed E-state index contributed by atoms with van der Waals surface area (Å²) in [6.07, 6.45) is 0.388. The molecule has 1 amide bonds. The maximum Gasteiger partial charge on any atom is 0.378 e. The van der Waals surface area contributed by atoms with Crippen molar-refractivity contribution in [3.8, 4) is 17.1 Å². The highest BCUT2D eigenvalue weighted by atomic mass is 32.2. The number of carbonyl (C=O) groups excluding carboxylic acids is 2. The fraction of sp³-hybridized carbons (Fsp3) is 0.304. The standard InChI is InChI=1S/C23H24N4O5S/c1-2-26(19-13-14-33(30,31)16-19)20(28)15-32-23(29)21-24-22(17-9-5-3-6-10-17)27(25-21)18-11-7-4-8-12-18/h3-12,19H,2,13-16H2,1H3/t19-/m0/s1. The van der Waals surface area contributed by atoms with Gasteiger partial charge in [-0.25, -0.2) is 22.9 Å². The number of benzene rings is 2. The lowest BCUT2D eigenvalue weighted by molar-refractivity contribution is -0.136. The van der Waals surface area contributed by atoms with E-state index in [1.54, 1.807) is 11.6 Å². The Bertz CT molecular complexity index is 1190. The first-order chi connectivity index (χ1) is 15.9. The summed E-state index contributed by atoms with van der Waals surface area (Å²) in [5, 5.41) is 4.32. The molecule has 9 nitrogen and oxygen atoms in total. The zero-order valence-electron chi connectivity index (χ0n) is 18.1. The third kappa shape index (κ3) is 5.11. The molecule has 1 atom stereocenters. The number of amides is 1. The third-order valence-corrected chi connectivity index (χ3v) is 7.21. The number of carbonyl (C=O) groups is 2. The van der Waals surface area contributed by atoms with E-state index in [1.807, 2.05) is 60.7 Å². The van der Waals surface area contributed by atoms with E-state index < -0.39 is 34.4 Å². The van der Waals surface area contributed by atoms with Crippen LogP contribution in [0.4, 0.5) is 0 Å². The van der Waals surface area contributed by atoms with Gasteiger partial charge >= 0.3 is 5.97 Å². The molecule has 3 aromatic rings. The van der Waals surface area contributed by atoms with Gasteiger partial charge in [-0.05, 0) is 25.5 Å². The van der Waals surface area contributed by atoms with Gasteiger partial charge in [0, 0.05) is 18.2 Å². The Morgan fingerprint density at radius 2 is 1.76 bits per heavy atom. The summed E-state index contributed by atoms with van der Waals surface area (Å²) < 4.78 is 30.3. The number of hydrogen-bond donors (Lipinski definition) is 0. The molecule has 1 saturated heterocycles. The van der Waals surface area contributed by atoms with E-state index >= 15 is 0 Å². The number of esters is 1. The summed E-state index contributed by atoms with van der Waals surface area (Å²) in [7, 11) is -3.14. The normalized spacial score (nSPS) is 16.9. The molecular formula is C23H24N4O5S. The van der Waals surface area contributed by atoms with E-state index in [9.17, 15) is 18.0 Å². The van der Waals surface area contributed by atoms with Gasteiger partial charge < -0.3 is 9.64 Å². The largest absolute Gasteiger partial charge is 0.450 e. The van der Waals surface area contributed by atoms with Crippen LogP contribution in [0.1, 0.15) is 24.0 Å². The van der Waals surface area contributed by atoms with Crippen molar-refractivity contribution in [1.82, 2.24) is 19.7 Å².